The van der Waals surface area contributed by atoms with Crippen LogP contribution in [-0.4, -0.2) is 47.9 Å². The highest BCUT2D eigenvalue weighted by atomic mass is 32.1. The molecule has 2 aromatic rings. The molecule has 1 saturated heterocycles. The number of piperidine rings is 1. The van der Waals surface area contributed by atoms with Crippen molar-refractivity contribution >= 4 is 17.2 Å². The topological polar surface area (TPSA) is 18.8 Å². The summed E-state index contributed by atoms with van der Waals surface area (Å²) >= 11 is 1.79. The van der Waals surface area contributed by atoms with Gasteiger partial charge in [0.25, 0.3) is 0 Å². The fourth-order valence-electron chi connectivity index (χ4n) is 3.39. The van der Waals surface area contributed by atoms with Gasteiger partial charge >= 0.3 is 0 Å². The van der Waals surface area contributed by atoms with Crippen LogP contribution in [-0.2, 0) is 6.54 Å². The smallest absolute Gasteiger partial charge is 0.141 e. The lowest BCUT2D eigenvalue weighted by Crippen LogP contribution is -2.46. The molecular weight excluding hydrogens is 326 g/mol. The monoisotopic (exact) mass is 355 g/mol. The van der Waals surface area contributed by atoms with Gasteiger partial charge in [0.05, 0.1) is 4.88 Å². The molecule has 2 heterocycles. The van der Waals surface area contributed by atoms with Crippen molar-refractivity contribution in [1.29, 1.82) is 0 Å². The Bertz CT molecular complexity index is 656. The Morgan fingerprint density at radius 2 is 1.88 bits per heavy atom. The quantitative estimate of drug-likeness (QED) is 0.581. The van der Waals surface area contributed by atoms with E-state index in [2.05, 4.69) is 78.5 Å². The summed E-state index contributed by atoms with van der Waals surface area (Å²) in [7, 11) is 2.22. The van der Waals surface area contributed by atoms with Crippen LogP contribution < -0.4 is 0 Å². The molecule has 0 bridgehead atoms. The summed E-state index contributed by atoms with van der Waals surface area (Å²) in [5.74, 6) is 1.17. The molecular formula is C21H29N3S. The second-order valence-electron chi connectivity index (χ2n) is 7.17. The fraction of sp³-hybridized carbons (Fsp3) is 0.476. The third kappa shape index (κ3) is 4.93. The van der Waals surface area contributed by atoms with Crippen molar-refractivity contribution in [3.8, 4) is 0 Å². The molecule has 0 N–H and O–H groups in total. The largest absolute Gasteiger partial charge is 0.348 e. The van der Waals surface area contributed by atoms with E-state index in [1.807, 2.05) is 0 Å². The molecule has 0 radical (unpaired) electrons. The van der Waals surface area contributed by atoms with Gasteiger partial charge < -0.3 is 9.80 Å². The Morgan fingerprint density at radius 1 is 1.16 bits per heavy atom. The lowest BCUT2D eigenvalue weighted by atomic mass is 10.0. The van der Waals surface area contributed by atoms with Gasteiger partial charge in [0.15, 0.2) is 0 Å². The van der Waals surface area contributed by atoms with Crippen molar-refractivity contribution in [2.45, 2.75) is 45.3 Å². The molecule has 1 aromatic carbocycles. The summed E-state index contributed by atoms with van der Waals surface area (Å²) in [5, 5.41) is 2.15. The van der Waals surface area contributed by atoms with Crippen LogP contribution in [0.5, 0.6) is 0 Å². The number of thiophene rings is 1. The summed E-state index contributed by atoms with van der Waals surface area (Å²) in [5.41, 5.74) is 1.36. The Morgan fingerprint density at radius 3 is 2.48 bits per heavy atom. The van der Waals surface area contributed by atoms with Crippen molar-refractivity contribution < 1.29 is 0 Å². The van der Waals surface area contributed by atoms with E-state index in [1.54, 1.807) is 11.3 Å². The number of amidine groups is 1. The van der Waals surface area contributed by atoms with E-state index < -0.39 is 0 Å². The molecule has 0 amide bonds. The second-order valence-corrected chi connectivity index (χ2v) is 8.12. The maximum atomic E-state index is 5.05. The lowest BCUT2D eigenvalue weighted by molar-refractivity contribution is 0.172. The molecule has 0 atom stereocenters. The van der Waals surface area contributed by atoms with Gasteiger partial charge in [0.1, 0.15) is 5.84 Å². The van der Waals surface area contributed by atoms with E-state index >= 15 is 0 Å². The van der Waals surface area contributed by atoms with Gasteiger partial charge in [-0.3, -0.25) is 4.99 Å². The third-order valence-corrected chi connectivity index (χ3v) is 5.58. The van der Waals surface area contributed by atoms with Crippen LogP contribution >= 0.6 is 11.3 Å². The van der Waals surface area contributed by atoms with Crippen molar-refractivity contribution in [3.05, 3.63) is 58.3 Å². The Labute approximate surface area is 156 Å². The molecule has 134 valence electrons. The molecule has 25 heavy (non-hydrogen) atoms. The average Bonchev–Trinajstić information content (AvgIpc) is 3.14. The molecule has 1 aromatic heterocycles. The Hall–Kier alpha value is -1.65. The normalized spacial score (nSPS) is 17.2. The first-order valence-corrected chi connectivity index (χ1v) is 10.1. The minimum Gasteiger partial charge on any atom is -0.348 e. The SMILES string of the molecule is CC(C)N=C(c1cccs1)N(Cc1ccccc1)C1CCN(C)CC1. The second kappa shape index (κ2) is 8.63. The van der Waals surface area contributed by atoms with Crippen LogP contribution in [0.15, 0.2) is 52.8 Å². The number of likely N-dealkylation sites (tertiary alicyclic amines) is 1. The highest BCUT2D eigenvalue weighted by Gasteiger charge is 2.27. The van der Waals surface area contributed by atoms with Crippen LogP contribution in [0.3, 0.4) is 0 Å². The van der Waals surface area contributed by atoms with Crippen LogP contribution in [0.1, 0.15) is 37.1 Å². The van der Waals surface area contributed by atoms with Crippen LogP contribution in [0.4, 0.5) is 0 Å². The number of rotatable bonds is 5. The minimum atomic E-state index is 0.293. The van der Waals surface area contributed by atoms with Crippen molar-refractivity contribution in [3.63, 3.8) is 0 Å². The minimum absolute atomic E-state index is 0.293. The van der Waals surface area contributed by atoms with Gasteiger partial charge in [-0.15, -0.1) is 11.3 Å². The summed E-state index contributed by atoms with van der Waals surface area (Å²) in [6, 6.07) is 16.0. The molecule has 0 aliphatic carbocycles. The first-order valence-electron chi connectivity index (χ1n) is 9.24. The number of benzene rings is 1. The van der Waals surface area contributed by atoms with Crippen LogP contribution in [0, 0.1) is 0 Å². The van der Waals surface area contributed by atoms with Crippen LogP contribution in [0.25, 0.3) is 0 Å². The van der Waals surface area contributed by atoms with E-state index in [4.69, 9.17) is 4.99 Å². The van der Waals surface area contributed by atoms with Gasteiger partial charge in [0, 0.05) is 18.6 Å². The fourth-order valence-corrected chi connectivity index (χ4v) is 4.13. The Balaban J connectivity index is 1.93. The highest BCUT2D eigenvalue weighted by molar-refractivity contribution is 7.12. The number of hydrogen-bond donors (Lipinski definition) is 0. The van der Waals surface area contributed by atoms with Gasteiger partial charge in [0.2, 0.25) is 0 Å². The molecule has 1 aliphatic rings. The Kier molecular flexibility index (Phi) is 6.27. The van der Waals surface area contributed by atoms with Gasteiger partial charge in [-0.05, 0) is 63.8 Å². The molecule has 1 fully saturated rings. The molecule has 4 heteroatoms. The molecule has 3 nitrogen and oxygen atoms in total. The first kappa shape index (κ1) is 18.2. The van der Waals surface area contributed by atoms with E-state index in [-0.39, 0.29) is 0 Å². The first-order chi connectivity index (χ1) is 12.1. The molecule has 0 saturated carbocycles. The number of nitrogens with zero attached hydrogens (tertiary/aromatic N) is 3. The van der Waals surface area contributed by atoms with Crippen molar-refractivity contribution in [2.75, 3.05) is 20.1 Å². The third-order valence-electron chi connectivity index (χ3n) is 4.72. The summed E-state index contributed by atoms with van der Waals surface area (Å²) < 4.78 is 0. The lowest BCUT2D eigenvalue weighted by Gasteiger charge is -2.39. The highest BCUT2D eigenvalue weighted by Crippen LogP contribution is 2.24. The number of hydrogen-bond acceptors (Lipinski definition) is 3. The summed E-state index contributed by atoms with van der Waals surface area (Å²) in [6.45, 7) is 7.59. The van der Waals surface area contributed by atoms with E-state index in [1.165, 1.54) is 29.1 Å². The average molecular weight is 356 g/mol. The zero-order chi connectivity index (χ0) is 17.6. The zero-order valence-electron chi connectivity index (χ0n) is 15.6. The van der Waals surface area contributed by atoms with Gasteiger partial charge in [-0.2, -0.15) is 0 Å². The van der Waals surface area contributed by atoms with Gasteiger partial charge in [-0.1, -0.05) is 36.4 Å². The van der Waals surface area contributed by atoms with Gasteiger partial charge in [-0.25, -0.2) is 0 Å². The summed E-state index contributed by atoms with van der Waals surface area (Å²) in [4.78, 5) is 11.3. The van der Waals surface area contributed by atoms with Crippen molar-refractivity contribution in [2.24, 2.45) is 4.99 Å². The molecule has 0 unspecified atom stereocenters. The number of aliphatic imine (C=N–C) groups is 1. The van der Waals surface area contributed by atoms with E-state index in [9.17, 15) is 0 Å². The molecule has 3 rings (SSSR count). The van der Waals surface area contributed by atoms with Crippen LogP contribution in [0.2, 0.25) is 0 Å². The summed E-state index contributed by atoms with van der Waals surface area (Å²) in [6.07, 6.45) is 2.40. The predicted octanol–water partition coefficient (Wildman–Crippen LogP) is 4.50. The van der Waals surface area contributed by atoms with E-state index in [0.717, 1.165) is 19.6 Å². The maximum absolute atomic E-state index is 5.05. The standard InChI is InChI=1S/C21H29N3S/c1-17(2)22-21(20-10-7-15-25-20)24(16-18-8-5-4-6-9-18)19-11-13-23(3)14-12-19/h4-10,15,17,19H,11-14,16H2,1-3H3. The van der Waals surface area contributed by atoms with Crippen molar-refractivity contribution in [1.82, 2.24) is 9.80 Å². The molecule has 1 aliphatic heterocycles. The maximum Gasteiger partial charge on any atom is 0.141 e. The predicted molar refractivity (Wildman–Crippen MR) is 108 cm³/mol. The molecule has 0 spiro atoms. The zero-order valence-corrected chi connectivity index (χ0v) is 16.4. The van der Waals surface area contributed by atoms with E-state index in [0.29, 0.717) is 12.1 Å².